The van der Waals surface area contributed by atoms with Crippen molar-refractivity contribution in [1.82, 2.24) is 5.32 Å². The van der Waals surface area contributed by atoms with Crippen LogP contribution in [0.3, 0.4) is 0 Å². The van der Waals surface area contributed by atoms with Crippen LogP contribution in [0.25, 0.3) is 0 Å². The van der Waals surface area contributed by atoms with E-state index in [0.29, 0.717) is 19.4 Å². The molecule has 1 rings (SSSR count). The highest BCUT2D eigenvalue weighted by Gasteiger charge is 2.02. The Labute approximate surface area is 95.4 Å². The first-order valence-electron chi connectivity index (χ1n) is 4.50. The quantitative estimate of drug-likeness (QED) is 0.831. The number of rotatable bonds is 4. The summed E-state index contributed by atoms with van der Waals surface area (Å²) in [7, 11) is 0. The minimum atomic E-state index is -1.03. The molecule has 0 aliphatic heterocycles. The van der Waals surface area contributed by atoms with E-state index in [4.69, 9.17) is 5.11 Å². The number of hydrogen-bond donors (Lipinski definition) is 2. The van der Waals surface area contributed by atoms with Gasteiger partial charge in [0, 0.05) is 11.0 Å². The van der Waals surface area contributed by atoms with Gasteiger partial charge in [0.15, 0.2) is 0 Å². The molecule has 3 nitrogen and oxygen atoms in total. The standard InChI is InChI=1S/C10H11BrFNO2/c11-9-4-3-8(12)6-7(9)2-1-5-13-10(14)15/h3-4,6,13H,1-2,5H2,(H,14,15). The van der Waals surface area contributed by atoms with Crippen LogP contribution in [0.5, 0.6) is 0 Å². The highest BCUT2D eigenvalue weighted by Crippen LogP contribution is 2.18. The highest BCUT2D eigenvalue weighted by atomic mass is 79.9. The average Bonchev–Trinajstić information content (AvgIpc) is 2.17. The van der Waals surface area contributed by atoms with Crippen molar-refractivity contribution in [3.8, 4) is 0 Å². The van der Waals surface area contributed by atoms with Crippen molar-refractivity contribution in [1.29, 1.82) is 0 Å². The summed E-state index contributed by atoms with van der Waals surface area (Å²) in [4.78, 5) is 10.2. The van der Waals surface area contributed by atoms with Gasteiger partial charge in [0.2, 0.25) is 0 Å². The van der Waals surface area contributed by atoms with Gasteiger partial charge in [-0.1, -0.05) is 15.9 Å². The van der Waals surface area contributed by atoms with Crippen molar-refractivity contribution in [3.63, 3.8) is 0 Å². The van der Waals surface area contributed by atoms with Crippen molar-refractivity contribution in [3.05, 3.63) is 34.1 Å². The molecule has 5 heteroatoms. The molecule has 1 amide bonds. The number of carboxylic acid groups (broad SMARTS) is 1. The molecule has 2 N–H and O–H groups in total. The number of nitrogens with one attached hydrogen (secondary N) is 1. The number of hydrogen-bond acceptors (Lipinski definition) is 1. The second-order valence-corrected chi connectivity index (χ2v) is 3.93. The fourth-order valence-electron chi connectivity index (χ4n) is 1.21. The molecule has 1 aromatic carbocycles. The summed E-state index contributed by atoms with van der Waals surface area (Å²) in [5.74, 6) is -0.278. The summed E-state index contributed by atoms with van der Waals surface area (Å²) in [5, 5.41) is 10.6. The fourth-order valence-corrected chi connectivity index (χ4v) is 1.65. The van der Waals surface area contributed by atoms with Gasteiger partial charge in [-0.2, -0.15) is 0 Å². The molecular formula is C10H11BrFNO2. The zero-order valence-corrected chi connectivity index (χ0v) is 9.55. The number of aryl methyl sites for hydroxylation is 1. The summed E-state index contributed by atoms with van der Waals surface area (Å²) in [5.41, 5.74) is 0.849. The van der Waals surface area contributed by atoms with Gasteiger partial charge in [0.25, 0.3) is 0 Å². The second kappa shape index (κ2) is 5.70. The number of carbonyl (C=O) groups is 1. The van der Waals surface area contributed by atoms with E-state index >= 15 is 0 Å². The van der Waals surface area contributed by atoms with Crippen LogP contribution >= 0.6 is 15.9 Å². The third-order valence-electron chi connectivity index (χ3n) is 1.91. The Morgan fingerprint density at radius 3 is 2.93 bits per heavy atom. The molecule has 0 heterocycles. The van der Waals surface area contributed by atoms with Crippen molar-refractivity contribution in [2.24, 2.45) is 0 Å². The number of benzene rings is 1. The molecule has 0 aliphatic rings. The largest absolute Gasteiger partial charge is 0.465 e. The second-order valence-electron chi connectivity index (χ2n) is 3.07. The Bertz CT molecular complexity index is 357. The molecule has 0 aliphatic carbocycles. The lowest BCUT2D eigenvalue weighted by molar-refractivity contribution is 0.194. The maximum Gasteiger partial charge on any atom is 0.404 e. The van der Waals surface area contributed by atoms with E-state index < -0.39 is 6.09 Å². The smallest absolute Gasteiger partial charge is 0.404 e. The van der Waals surface area contributed by atoms with Crippen LogP contribution in [-0.2, 0) is 6.42 Å². The summed E-state index contributed by atoms with van der Waals surface area (Å²) in [6.45, 7) is 0.373. The van der Waals surface area contributed by atoms with Gasteiger partial charge >= 0.3 is 6.09 Å². The van der Waals surface area contributed by atoms with Crippen LogP contribution in [0, 0.1) is 5.82 Å². The van der Waals surface area contributed by atoms with Gasteiger partial charge in [0.1, 0.15) is 5.82 Å². The molecule has 0 atom stereocenters. The highest BCUT2D eigenvalue weighted by molar-refractivity contribution is 9.10. The molecule has 82 valence electrons. The van der Waals surface area contributed by atoms with Crippen molar-refractivity contribution in [2.75, 3.05) is 6.54 Å². The molecule has 0 fully saturated rings. The first-order chi connectivity index (χ1) is 7.09. The normalized spacial score (nSPS) is 10.0. The minimum Gasteiger partial charge on any atom is -0.465 e. The predicted octanol–water partition coefficient (Wildman–Crippen LogP) is 2.79. The van der Waals surface area contributed by atoms with Gasteiger partial charge in [-0.05, 0) is 36.6 Å². The molecule has 0 bridgehead atoms. The Balaban J connectivity index is 2.43. The van der Waals surface area contributed by atoms with E-state index in [2.05, 4.69) is 21.2 Å². The zero-order chi connectivity index (χ0) is 11.3. The van der Waals surface area contributed by atoms with E-state index in [0.717, 1.165) is 10.0 Å². The molecule has 0 radical (unpaired) electrons. The third kappa shape index (κ3) is 4.29. The van der Waals surface area contributed by atoms with Crippen LogP contribution in [0.4, 0.5) is 9.18 Å². The lowest BCUT2D eigenvalue weighted by Gasteiger charge is -2.04. The summed E-state index contributed by atoms with van der Waals surface area (Å²) >= 11 is 3.31. The number of halogens is 2. The van der Waals surface area contributed by atoms with Gasteiger partial charge in [-0.3, -0.25) is 0 Å². The Kier molecular flexibility index (Phi) is 4.55. The van der Waals surface area contributed by atoms with Crippen molar-refractivity contribution >= 4 is 22.0 Å². The van der Waals surface area contributed by atoms with Gasteiger partial charge in [-0.25, -0.2) is 9.18 Å². The van der Waals surface area contributed by atoms with Crippen molar-refractivity contribution < 1.29 is 14.3 Å². The SMILES string of the molecule is O=C(O)NCCCc1cc(F)ccc1Br. The van der Waals surface area contributed by atoms with Gasteiger partial charge in [-0.15, -0.1) is 0 Å². The average molecular weight is 276 g/mol. The van der Waals surface area contributed by atoms with E-state index in [1.54, 1.807) is 6.07 Å². The first kappa shape index (κ1) is 12.0. The van der Waals surface area contributed by atoms with Crippen LogP contribution in [0.15, 0.2) is 22.7 Å². The maximum atomic E-state index is 12.9. The lowest BCUT2D eigenvalue weighted by Crippen LogP contribution is -2.22. The molecular weight excluding hydrogens is 265 g/mol. The molecule has 15 heavy (non-hydrogen) atoms. The maximum absolute atomic E-state index is 12.9. The molecule has 0 saturated heterocycles. The molecule has 0 aromatic heterocycles. The van der Waals surface area contributed by atoms with Crippen LogP contribution in [-0.4, -0.2) is 17.7 Å². The fraction of sp³-hybridized carbons (Fsp3) is 0.300. The zero-order valence-electron chi connectivity index (χ0n) is 7.96. The first-order valence-corrected chi connectivity index (χ1v) is 5.29. The van der Waals surface area contributed by atoms with E-state index in [1.165, 1.54) is 12.1 Å². The van der Waals surface area contributed by atoms with E-state index in [9.17, 15) is 9.18 Å². The van der Waals surface area contributed by atoms with Crippen molar-refractivity contribution in [2.45, 2.75) is 12.8 Å². The molecule has 0 saturated carbocycles. The Morgan fingerprint density at radius 1 is 1.53 bits per heavy atom. The summed E-state index contributed by atoms with van der Waals surface area (Å²) in [6.07, 6.45) is 0.251. The summed E-state index contributed by atoms with van der Waals surface area (Å²) < 4.78 is 13.7. The minimum absolute atomic E-state index is 0.278. The molecule has 0 spiro atoms. The van der Waals surface area contributed by atoms with Crippen LogP contribution < -0.4 is 5.32 Å². The Hall–Kier alpha value is -1.10. The van der Waals surface area contributed by atoms with Crippen LogP contribution in [0.2, 0.25) is 0 Å². The monoisotopic (exact) mass is 275 g/mol. The van der Waals surface area contributed by atoms with E-state index in [1.807, 2.05) is 0 Å². The Morgan fingerprint density at radius 2 is 2.27 bits per heavy atom. The van der Waals surface area contributed by atoms with Gasteiger partial charge in [0.05, 0.1) is 0 Å². The van der Waals surface area contributed by atoms with Crippen LogP contribution in [0.1, 0.15) is 12.0 Å². The molecule has 1 aromatic rings. The third-order valence-corrected chi connectivity index (χ3v) is 2.68. The predicted molar refractivity (Wildman–Crippen MR) is 58.4 cm³/mol. The van der Waals surface area contributed by atoms with Gasteiger partial charge < -0.3 is 10.4 Å². The molecule has 0 unspecified atom stereocenters. The number of amides is 1. The van der Waals surface area contributed by atoms with E-state index in [-0.39, 0.29) is 5.82 Å². The lowest BCUT2D eigenvalue weighted by atomic mass is 10.1. The summed E-state index contributed by atoms with van der Waals surface area (Å²) in [6, 6.07) is 4.48. The topological polar surface area (TPSA) is 49.3 Å².